The van der Waals surface area contributed by atoms with Crippen LogP contribution in [-0.4, -0.2) is 35.8 Å². The lowest BCUT2D eigenvalue weighted by Gasteiger charge is -2.32. The third kappa shape index (κ3) is 5.17. The fourth-order valence-corrected chi connectivity index (χ4v) is 3.75. The number of hydrogen-bond donors (Lipinski definition) is 0. The first-order valence-corrected chi connectivity index (χ1v) is 10.4. The van der Waals surface area contributed by atoms with Gasteiger partial charge >= 0.3 is 12.1 Å². The van der Waals surface area contributed by atoms with Gasteiger partial charge in [0.2, 0.25) is 5.79 Å². The molecule has 2 aromatic rings. The number of amides is 1. The normalized spacial score (nSPS) is 19.4. The zero-order chi connectivity index (χ0) is 22.0. The Hall–Kier alpha value is -3.06. The van der Waals surface area contributed by atoms with Gasteiger partial charge in [-0.05, 0) is 35.2 Å². The number of nitrogens with zero attached hydrogens (tertiary/aromatic N) is 1. The van der Waals surface area contributed by atoms with Crippen LogP contribution in [0.4, 0.5) is 4.79 Å². The third-order valence-corrected chi connectivity index (χ3v) is 5.38. The van der Waals surface area contributed by atoms with Gasteiger partial charge in [-0.25, -0.2) is 4.79 Å². The number of carbonyl (C=O) groups is 2. The van der Waals surface area contributed by atoms with Crippen LogP contribution in [0.5, 0.6) is 5.75 Å². The van der Waals surface area contributed by atoms with Crippen LogP contribution >= 0.6 is 0 Å². The molecule has 0 radical (unpaired) electrons. The highest BCUT2D eigenvalue weighted by molar-refractivity contribution is 5.70. The molecule has 0 aliphatic carbocycles. The molecule has 164 valence electrons. The van der Waals surface area contributed by atoms with Gasteiger partial charge in [-0.2, -0.15) is 0 Å². The van der Waals surface area contributed by atoms with Crippen molar-refractivity contribution in [1.29, 1.82) is 0 Å². The quantitative estimate of drug-likeness (QED) is 0.648. The van der Waals surface area contributed by atoms with E-state index in [0.29, 0.717) is 26.1 Å². The van der Waals surface area contributed by atoms with Crippen molar-refractivity contribution >= 4 is 12.1 Å². The molecule has 4 rings (SSSR count). The van der Waals surface area contributed by atoms with E-state index in [4.69, 9.17) is 18.9 Å². The maximum absolute atomic E-state index is 12.4. The molecule has 0 bridgehead atoms. The molecule has 2 aliphatic heterocycles. The van der Waals surface area contributed by atoms with Crippen molar-refractivity contribution in [2.24, 2.45) is 0 Å². The van der Waals surface area contributed by atoms with E-state index >= 15 is 0 Å². The Morgan fingerprint density at radius 3 is 2.81 bits per heavy atom. The number of cyclic esters (lactones) is 1. The van der Waals surface area contributed by atoms with Crippen molar-refractivity contribution in [3.63, 3.8) is 0 Å². The van der Waals surface area contributed by atoms with Crippen molar-refractivity contribution in [2.45, 2.75) is 52.3 Å². The molecular weight excluding hydrogens is 398 g/mol. The fourth-order valence-electron chi connectivity index (χ4n) is 3.75. The van der Waals surface area contributed by atoms with E-state index < -0.39 is 5.79 Å². The highest BCUT2D eigenvalue weighted by atomic mass is 16.7. The maximum atomic E-state index is 12.4. The highest BCUT2D eigenvalue weighted by Gasteiger charge is 2.33. The number of fused-ring (bicyclic) bond motifs is 1. The Balaban J connectivity index is 1.36. The molecule has 31 heavy (non-hydrogen) atoms. The van der Waals surface area contributed by atoms with Crippen molar-refractivity contribution in [3.8, 4) is 5.75 Å². The second kappa shape index (κ2) is 8.59. The van der Waals surface area contributed by atoms with E-state index in [1.807, 2.05) is 56.3 Å². The van der Waals surface area contributed by atoms with Gasteiger partial charge in [-0.1, -0.05) is 30.3 Å². The van der Waals surface area contributed by atoms with Crippen LogP contribution in [0.2, 0.25) is 0 Å². The second-order valence-corrected chi connectivity index (χ2v) is 8.33. The van der Waals surface area contributed by atoms with Gasteiger partial charge in [-0.15, -0.1) is 0 Å². The monoisotopic (exact) mass is 425 g/mol. The van der Waals surface area contributed by atoms with E-state index in [2.05, 4.69) is 0 Å². The first kappa shape index (κ1) is 21.2. The molecule has 1 amide bonds. The van der Waals surface area contributed by atoms with Crippen molar-refractivity contribution in [1.82, 2.24) is 4.90 Å². The molecule has 2 heterocycles. The largest absolute Gasteiger partial charge is 0.463 e. The van der Waals surface area contributed by atoms with Gasteiger partial charge in [0.25, 0.3) is 0 Å². The average Bonchev–Trinajstić information content (AvgIpc) is 3.10. The lowest BCUT2D eigenvalue weighted by molar-refractivity contribution is -0.180. The highest BCUT2D eigenvalue weighted by Crippen LogP contribution is 2.35. The molecule has 1 atom stereocenters. The summed E-state index contributed by atoms with van der Waals surface area (Å²) in [6.07, 6.45) is 0.0619. The van der Waals surface area contributed by atoms with Gasteiger partial charge in [0, 0.05) is 32.9 Å². The Morgan fingerprint density at radius 2 is 2.00 bits per heavy atom. The van der Waals surface area contributed by atoms with E-state index in [1.165, 1.54) is 6.92 Å². The van der Waals surface area contributed by atoms with Crippen LogP contribution in [0.15, 0.2) is 42.5 Å². The summed E-state index contributed by atoms with van der Waals surface area (Å²) in [7, 11) is 0. The van der Waals surface area contributed by atoms with E-state index in [0.717, 1.165) is 28.0 Å². The summed E-state index contributed by atoms with van der Waals surface area (Å²) in [5.41, 5.74) is 3.89. The molecule has 0 N–H and O–H groups in total. The Labute approximate surface area is 181 Å². The summed E-state index contributed by atoms with van der Waals surface area (Å²) in [5.74, 6) is -0.143. The number of ether oxygens (including phenoxy) is 4. The molecule has 7 nitrogen and oxygen atoms in total. The number of benzene rings is 2. The molecule has 1 unspecified atom stereocenters. The molecule has 0 aromatic heterocycles. The van der Waals surface area contributed by atoms with Gasteiger partial charge < -0.3 is 23.8 Å². The second-order valence-electron chi connectivity index (χ2n) is 8.33. The van der Waals surface area contributed by atoms with Gasteiger partial charge in [0.05, 0.1) is 13.2 Å². The van der Waals surface area contributed by atoms with Gasteiger partial charge in [-0.3, -0.25) is 4.79 Å². The molecule has 1 saturated heterocycles. The molecule has 1 fully saturated rings. The van der Waals surface area contributed by atoms with Crippen LogP contribution in [0.25, 0.3) is 0 Å². The predicted octanol–water partition coefficient (Wildman–Crippen LogP) is 4.13. The summed E-state index contributed by atoms with van der Waals surface area (Å²) < 4.78 is 22.2. The summed E-state index contributed by atoms with van der Waals surface area (Å²) in [5, 5.41) is 0. The average molecular weight is 425 g/mol. The minimum absolute atomic E-state index is 0.250. The molecule has 0 saturated carbocycles. The number of rotatable bonds is 6. The summed E-state index contributed by atoms with van der Waals surface area (Å²) >= 11 is 0. The zero-order valence-corrected chi connectivity index (χ0v) is 18.1. The van der Waals surface area contributed by atoms with Crippen LogP contribution < -0.4 is 4.74 Å². The predicted molar refractivity (Wildman–Crippen MR) is 112 cm³/mol. The number of esters is 1. The Kier molecular flexibility index (Phi) is 5.87. The number of hydrogen-bond acceptors (Lipinski definition) is 6. The lowest BCUT2D eigenvalue weighted by atomic mass is 10.0. The minimum atomic E-state index is -0.638. The minimum Gasteiger partial charge on any atom is -0.463 e. The van der Waals surface area contributed by atoms with Crippen LogP contribution in [0.1, 0.15) is 49.1 Å². The standard InChI is InChI=1S/C24H27NO6/c1-16(26)28-14-18-6-4-5-17(11-18)9-10-25-13-22(30-23(25)27)19-7-8-21-20(12-19)15-29-24(2,3)31-21/h4-8,11-12,22H,9-10,13-15H2,1-3H3. The van der Waals surface area contributed by atoms with Crippen molar-refractivity contribution < 1.29 is 28.5 Å². The first-order chi connectivity index (χ1) is 14.8. The fraction of sp³-hybridized carbons (Fsp3) is 0.417. The molecule has 0 spiro atoms. The van der Waals surface area contributed by atoms with Gasteiger partial charge in [0.15, 0.2) is 0 Å². The summed E-state index contributed by atoms with van der Waals surface area (Å²) in [6.45, 7) is 6.92. The third-order valence-electron chi connectivity index (χ3n) is 5.38. The van der Waals surface area contributed by atoms with E-state index in [9.17, 15) is 9.59 Å². The Bertz CT molecular complexity index is 986. The molecule has 2 aromatic carbocycles. The van der Waals surface area contributed by atoms with Gasteiger partial charge in [0.1, 0.15) is 18.5 Å². The van der Waals surface area contributed by atoms with Crippen LogP contribution in [-0.2, 0) is 38.6 Å². The topological polar surface area (TPSA) is 74.3 Å². The molecule has 2 aliphatic rings. The van der Waals surface area contributed by atoms with E-state index in [1.54, 1.807) is 4.90 Å². The zero-order valence-electron chi connectivity index (χ0n) is 18.1. The number of carbonyl (C=O) groups excluding carboxylic acids is 2. The van der Waals surface area contributed by atoms with Crippen molar-refractivity contribution in [2.75, 3.05) is 13.1 Å². The first-order valence-electron chi connectivity index (χ1n) is 10.4. The maximum Gasteiger partial charge on any atom is 0.410 e. The van der Waals surface area contributed by atoms with Crippen LogP contribution in [0, 0.1) is 0 Å². The smallest absolute Gasteiger partial charge is 0.410 e. The van der Waals surface area contributed by atoms with Crippen LogP contribution in [0.3, 0.4) is 0 Å². The molecular formula is C24H27NO6. The summed E-state index contributed by atoms with van der Waals surface area (Å²) in [4.78, 5) is 25.1. The van der Waals surface area contributed by atoms with E-state index in [-0.39, 0.29) is 24.8 Å². The summed E-state index contributed by atoms with van der Waals surface area (Å²) in [6, 6.07) is 13.7. The molecule has 7 heteroatoms. The Morgan fingerprint density at radius 1 is 1.19 bits per heavy atom. The lowest BCUT2D eigenvalue weighted by Crippen LogP contribution is -2.35. The van der Waals surface area contributed by atoms with Crippen molar-refractivity contribution in [3.05, 3.63) is 64.7 Å². The SMILES string of the molecule is CC(=O)OCc1cccc(CCN2CC(c3ccc4c(c3)COC(C)(C)O4)OC2=O)c1.